The Morgan fingerprint density at radius 3 is 2.30 bits per heavy atom. The van der Waals surface area contributed by atoms with E-state index in [1.54, 1.807) is 18.5 Å². The molecule has 7 heteroatoms. The molecule has 0 spiro atoms. The number of hydrogen-bond acceptors (Lipinski definition) is 3. The molecule has 0 bridgehead atoms. The summed E-state index contributed by atoms with van der Waals surface area (Å²) in [4.78, 5) is 11.2. The fourth-order valence-corrected chi connectivity index (χ4v) is 2.73. The molecule has 0 aliphatic heterocycles. The average Bonchev–Trinajstić information content (AvgIpc) is 2.80. The molecular weight excluding hydrogens is 324 g/mol. The normalized spacial score (nSPS) is 11.1. The zero-order chi connectivity index (χ0) is 15.0. The van der Waals surface area contributed by atoms with Gasteiger partial charge in [-0.05, 0) is 43.6 Å². The van der Waals surface area contributed by atoms with E-state index in [2.05, 4.69) is 26.1 Å². The maximum Gasteiger partial charge on any atom is 0.339 e. The molecule has 0 amide bonds. The number of carboxylic acids is 1. The van der Waals surface area contributed by atoms with E-state index in [4.69, 9.17) is 0 Å². The van der Waals surface area contributed by atoms with Gasteiger partial charge in [-0.15, -0.1) is 0 Å². The van der Waals surface area contributed by atoms with Crippen molar-refractivity contribution in [3.05, 3.63) is 32.8 Å². The van der Waals surface area contributed by atoms with Crippen molar-refractivity contribution >= 4 is 21.9 Å². The SMILES string of the molecule is CCn1nc(C)c(Br)c1Cn1nc(C)c(C(=O)O)c1C. The van der Waals surface area contributed by atoms with E-state index in [1.807, 2.05) is 18.5 Å². The van der Waals surface area contributed by atoms with Crippen molar-refractivity contribution in [2.75, 3.05) is 0 Å². The predicted molar refractivity (Wildman–Crippen MR) is 78.1 cm³/mol. The number of aromatic carboxylic acids is 1. The van der Waals surface area contributed by atoms with Crippen LogP contribution in [0.25, 0.3) is 0 Å². The van der Waals surface area contributed by atoms with E-state index < -0.39 is 5.97 Å². The molecule has 0 radical (unpaired) electrons. The summed E-state index contributed by atoms with van der Waals surface area (Å²) in [5.41, 5.74) is 3.38. The fourth-order valence-electron chi connectivity index (χ4n) is 2.32. The topological polar surface area (TPSA) is 72.9 Å². The first-order chi connectivity index (χ1) is 9.36. The zero-order valence-electron chi connectivity index (χ0n) is 11.9. The Morgan fingerprint density at radius 1 is 1.20 bits per heavy atom. The third-order valence-corrected chi connectivity index (χ3v) is 4.38. The molecule has 0 aromatic carbocycles. The number of halogens is 1. The number of nitrogens with zero attached hydrogens (tertiary/aromatic N) is 4. The summed E-state index contributed by atoms with van der Waals surface area (Å²) >= 11 is 3.54. The monoisotopic (exact) mass is 340 g/mol. The molecule has 2 rings (SSSR count). The van der Waals surface area contributed by atoms with Gasteiger partial charge in [0.2, 0.25) is 0 Å². The highest BCUT2D eigenvalue weighted by Crippen LogP contribution is 2.23. The second-order valence-electron chi connectivity index (χ2n) is 4.67. The van der Waals surface area contributed by atoms with E-state index in [0.717, 1.165) is 22.4 Å². The van der Waals surface area contributed by atoms with Gasteiger partial charge in [-0.2, -0.15) is 10.2 Å². The lowest BCUT2D eigenvalue weighted by Gasteiger charge is -2.07. The average molecular weight is 341 g/mol. The first-order valence-corrected chi connectivity index (χ1v) is 7.15. The van der Waals surface area contributed by atoms with Crippen LogP contribution in [0.2, 0.25) is 0 Å². The van der Waals surface area contributed by atoms with Crippen LogP contribution in [0.3, 0.4) is 0 Å². The Kier molecular flexibility index (Phi) is 3.99. The molecule has 0 atom stereocenters. The summed E-state index contributed by atoms with van der Waals surface area (Å²) in [5.74, 6) is -0.939. The van der Waals surface area contributed by atoms with Crippen LogP contribution < -0.4 is 0 Å². The van der Waals surface area contributed by atoms with Crippen LogP contribution in [0.15, 0.2) is 4.47 Å². The van der Waals surface area contributed by atoms with Crippen molar-refractivity contribution < 1.29 is 9.90 Å². The minimum Gasteiger partial charge on any atom is -0.478 e. The third kappa shape index (κ3) is 2.37. The molecule has 108 valence electrons. The maximum absolute atomic E-state index is 11.2. The first-order valence-electron chi connectivity index (χ1n) is 6.35. The Labute approximate surface area is 125 Å². The summed E-state index contributed by atoms with van der Waals surface area (Å²) in [6.45, 7) is 8.69. The smallest absolute Gasteiger partial charge is 0.339 e. The van der Waals surface area contributed by atoms with Crippen molar-refractivity contribution in [3.8, 4) is 0 Å². The summed E-state index contributed by atoms with van der Waals surface area (Å²) in [6, 6.07) is 0. The largest absolute Gasteiger partial charge is 0.478 e. The van der Waals surface area contributed by atoms with Gasteiger partial charge in [0.1, 0.15) is 5.56 Å². The van der Waals surface area contributed by atoms with Crippen LogP contribution in [-0.2, 0) is 13.1 Å². The number of hydrogen-bond donors (Lipinski definition) is 1. The number of aryl methyl sites for hydroxylation is 3. The van der Waals surface area contributed by atoms with Crippen molar-refractivity contribution in [2.45, 2.75) is 40.8 Å². The molecule has 20 heavy (non-hydrogen) atoms. The van der Waals surface area contributed by atoms with Crippen LogP contribution >= 0.6 is 15.9 Å². The molecular formula is C13H17BrN4O2. The van der Waals surface area contributed by atoms with Gasteiger partial charge in [0.25, 0.3) is 0 Å². The van der Waals surface area contributed by atoms with Crippen molar-refractivity contribution in [3.63, 3.8) is 0 Å². The molecule has 2 aromatic heterocycles. The second kappa shape index (κ2) is 5.40. The lowest BCUT2D eigenvalue weighted by Crippen LogP contribution is -2.11. The third-order valence-electron chi connectivity index (χ3n) is 3.35. The van der Waals surface area contributed by atoms with E-state index in [9.17, 15) is 9.90 Å². The standard InChI is InChI=1S/C13H17BrN4O2/c1-5-17-10(12(14)8(3)16-17)6-18-9(4)11(13(19)20)7(2)15-18/h5-6H2,1-4H3,(H,19,20). The molecule has 0 saturated carbocycles. The summed E-state index contributed by atoms with van der Waals surface area (Å²) < 4.78 is 4.56. The van der Waals surface area contributed by atoms with Gasteiger partial charge >= 0.3 is 5.97 Å². The molecule has 6 nitrogen and oxygen atoms in total. The van der Waals surface area contributed by atoms with Gasteiger partial charge in [-0.1, -0.05) is 0 Å². The van der Waals surface area contributed by atoms with E-state index in [1.165, 1.54) is 0 Å². The van der Waals surface area contributed by atoms with Crippen LogP contribution in [0.5, 0.6) is 0 Å². The van der Waals surface area contributed by atoms with E-state index >= 15 is 0 Å². The second-order valence-corrected chi connectivity index (χ2v) is 5.46. The Morgan fingerprint density at radius 2 is 1.80 bits per heavy atom. The van der Waals surface area contributed by atoms with E-state index in [-0.39, 0.29) is 5.56 Å². The highest BCUT2D eigenvalue weighted by Gasteiger charge is 2.20. The van der Waals surface area contributed by atoms with Crippen molar-refractivity contribution in [1.82, 2.24) is 19.6 Å². The van der Waals surface area contributed by atoms with E-state index in [0.29, 0.717) is 17.9 Å². The first kappa shape index (κ1) is 14.8. The Balaban J connectivity index is 2.46. The lowest BCUT2D eigenvalue weighted by atomic mass is 10.2. The Hall–Kier alpha value is -1.63. The molecule has 0 unspecified atom stereocenters. The van der Waals surface area contributed by atoms with Gasteiger partial charge in [-0.3, -0.25) is 9.36 Å². The van der Waals surface area contributed by atoms with Crippen LogP contribution in [-0.4, -0.2) is 30.6 Å². The number of carboxylic acid groups (broad SMARTS) is 1. The molecule has 2 aromatic rings. The molecule has 1 N–H and O–H groups in total. The van der Waals surface area contributed by atoms with Gasteiger partial charge in [0.15, 0.2) is 0 Å². The highest BCUT2D eigenvalue weighted by molar-refractivity contribution is 9.10. The van der Waals surface area contributed by atoms with Crippen LogP contribution in [0.4, 0.5) is 0 Å². The minimum atomic E-state index is -0.939. The predicted octanol–water partition coefficient (Wildman–Crippen LogP) is 2.53. The molecule has 0 saturated heterocycles. The molecule has 0 aliphatic rings. The molecule has 0 fully saturated rings. The fraction of sp³-hybridized carbons (Fsp3) is 0.462. The number of rotatable bonds is 4. The summed E-state index contributed by atoms with van der Waals surface area (Å²) in [6.07, 6.45) is 0. The van der Waals surface area contributed by atoms with Crippen LogP contribution in [0.1, 0.15) is 40.1 Å². The van der Waals surface area contributed by atoms with Crippen molar-refractivity contribution in [2.24, 2.45) is 0 Å². The zero-order valence-corrected chi connectivity index (χ0v) is 13.5. The summed E-state index contributed by atoms with van der Waals surface area (Å²) in [5, 5.41) is 18.0. The van der Waals surface area contributed by atoms with Gasteiger partial charge in [-0.25, -0.2) is 4.79 Å². The Bertz CT molecular complexity index is 672. The van der Waals surface area contributed by atoms with Crippen LogP contribution in [0, 0.1) is 20.8 Å². The minimum absolute atomic E-state index is 0.278. The van der Waals surface area contributed by atoms with Crippen molar-refractivity contribution in [1.29, 1.82) is 0 Å². The quantitative estimate of drug-likeness (QED) is 0.928. The molecule has 0 aliphatic carbocycles. The lowest BCUT2D eigenvalue weighted by molar-refractivity contribution is 0.0695. The number of carbonyl (C=O) groups is 1. The van der Waals surface area contributed by atoms with Gasteiger partial charge < -0.3 is 5.11 Å². The molecule has 2 heterocycles. The highest BCUT2D eigenvalue weighted by atomic mass is 79.9. The summed E-state index contributed by atoms with van der Waals surface area (Å²) in [7, 11) is 0. The number of aromatic nitrogens is 4. The van der Waals surface area contributed by atoms with Gasteiger partial charge in [0.05, 0.1) is 33.8 Å². The van der Waals surface area contributed by atoms with Gasteiger partial charge in [0, 0.05) is 6.54 Å². The maximum atomic E-state index is 11.2.